The molecule has 0 N–H and O–H groups in total. The van der Waals surface area contributed by atoms with Crippen LogP contribution in [0.15, 0.2) is 42.6 Å². The maximum absolute atomic E-state index is 8.86. The van der Waals surface area contributed by atoms with Gasteiger partial charge in [0.15, 0.2) is 0 Å². The average molecular weight is 337 g/mol. The summed E-state index contributed by atoms with van der Waals surface area (Å²) >= 11 is 0. The normalized spacial score (nSPS) is 12.2. The van der Waals surface area contributed by atoms with Crippen LogP contribution in [0.3, 0.4) is 0 Å². The van der Waals surface area contributed by atoms with Gasteiger partial charge in [-0.15, -0.1) is 0 Å². The van der Waals surface area contributed by atoms with E-state index < -0.39 is 8.32 Å². The number of hydrogen-bond acceptors (Lipinski definition) is 3. The minimum atomic E-state index is -1.91. The summed E-state index contributed by atoms with van der Waals surface area (Å²) in [5, 5.41) is 8.99. The minimum absolute atomic E-state index is 0.136. The van der Waals surface area contributed by atoms with Crippen molar-refractivity contribution in [2.75, 3.05) is 0 Å². The maximum atomic E-state index is 8.86. The highest BCUT2D eigenvalue weighted by molar-refractivity contribution is 6.74. The van der Waals surface area contributed by atoms with Crippen LogP contribution in [-0.4, -0.2) is 13.3 Å². The Hall–Kier alpha value is -2.38. The van der Waals surface area contributed by atoms with Gasteiger partial charge in [0.2, 0.25) is 0 Å². The van der Waals surface area contributed by atoms with Crippen molar-refractivity contribution < 1.29 is 4.43 Å². The molecule has 0 unspecified atom stereocenters. The number of benzene rings is 1. The van der Waals surface area contributed by atoms with Gasteiger partial charge < -0.3 is 4.43 Å². The smallest absolute Gasteiger partial charge is 0.250 e. The zero-order chi connectivity index (χ0) is 17.8. The highest BCUT2D eigenvalue weighted by atomic mass is 28.4. The summed E-state index contributed by atoms with van der Waals surface area (Å²) in [6, 6.07) is 13.5. The Balaban J connectivity index is 2.25. The summed E-state index contributed by atoms with van der Waals surface area (Å²) in [5.74, 6) is 0.828. The Morgan fingerprint density at radius 2 is 1.75 bits per heavy atom. The number of nitriles is 1. The van der Waals surface area contributed by atoms with Gasteiger partial charge in [-0.05, 0) is 54.0 Å². The van der Waals surface area contributed by atoms with E-state index >= 15 is 0 Å². The van der Waals surface area contributed by atoms with Crippen LogP contribution in [0, 0.1) is 11.3 Å². The van der Waals surface area contributed by atoms with E-state index in [1.807, 2.05) is 48.6 Å². The van der Waals surface area contributed by atoms with Crippen LogP contribution >= 0.6 is 0 Å². The Morgan fingerprint density at radius 3 is 2.33 bits per heavy atom. The second-order valence-electron chi connectivity index (χ2n) is 7.32. The molecule has 0 fully saturated rings. The van der Waals surface area contributed by atoms with Crippen molar-refractivity contribution in [3.05, 3.63) is 59.4 Å². The van der Waals surface area contributed by atoms with Crippen LogP contribution in [0.4, 0.5) is 0 Å². The Labute approximate surface area is 145 Å². The van der Waals surface area contributed by atoms with E-state index in [2.05, 4.69) is 44.9 Å². The average Bonchev–Trinajstić information content (AvgIpc) is 2.53. The molecule has 1 aromatic heterocycles. The zero-order valence-corrected chi connectivity index (χ0v) is 16.0. The van der Waals surface area contributed by atoms with Gasteiger partial charge in [0.1, 0.15) is 11.4 Å². The third-order valence-electron chi connectivity index (χ3n) is 4.44. The summed E-state index contributed by atoms with van der Waals surface area (Å²) in [6.07, 6.45) is 5.73. The molecule has 3 nitrogen and oxygen atoms in total. The van der Waals surface area contributed by atoms with Crippen molar-refractivity contribution in [2.45, 2.75) is 38.9 Å². The maximum Gasteiger partial charge on any atom is 0.250 e. The van der Waals surface area contributed by atoms with Crippen LogP contribution in [0.1, 0.15) is 37.6 Å². The number of aromatic nitrogens is 1. The van der Waals surface area contributed by atoms with E-state index in [0.717, 1.165) is 17.0 Å². The second-order valence-corrected chi connectivity index (χ2v) is 12.0. The lowest BCUT2D eigenvalue weighted by molar-refractivity contribution is 0.489. The van der Waals surface area contributed by atoms with Gasteiger partial charge in [0.05, 0.1) is 11.6 Å². The second kappa shape index (κ2) is 7.02. The third kappa shape index (κ3) is 4.33. The van der Waals surface area contributed by atoms with E-state index in [4.69, 9.17) is 9.69 Å². The standard InChI is InChI=1S/C20H24N2OSi/c1-20(2,3)24(4,5)23-19-7-6-14-22-18(19)13-12-16-8-10-17(15-21)11-9-16/h6-14H,1-5H3/b13-12+. The van der Waals surface area contributed by atoms with E-state index in [9.17, 15) is 0 Å². The molecule has 24 heavy (non-hydrogen) atoms. The highest BCUT2D eigenvalue weighted by Gasteiger charge is 2.39. The van der Waals surface area contributed by atoms with Gasteiger partial charge >= 0.3 is 0 Å². The van der Waals surface area contributed by atoms with Crippen LogP contribution in [0.25, 0.3) is 12.2 Å². The van der Waals surface area contributed by atoms with Crippen molar-refractivity contribution in [3.63, 3.8) is 0 Å². The fourth-order valence-electron chi connectivity index (χ4n) is 1.89. The van der Waals surface area contributed by atoms with Crippen molar-refractivity contribution in [2.24, 2.45) is 0 Å². The first kappa shape index (κ1) is 18.0. The first-order valence-corrected chi connectivity index (χ1v) is 11.0. The SMILES string of the molecule is CC(C)(C)[Si](C)(C)Oc1cccnc1/C=C/c1ccc(C#N)cc1. The van der Waals surface area contributed by atoms with E-state index in [1.54, 1.807) is 6.20 Å². The summed E-state index contributed by atoms with van der Waals surface area (Å²) in [7, 11) is -1.91. The largest absolute Gasteiger partial charge is 0.542 e. The number of nitrogens with zero attached hydrogens (tertiary/aromatic N) is 2. The first-order chi connectivity index (χ1) is 11.2. The van der Waals surface area contributed by atoms with Crippen molar-refractivity contribution in [1.29, 1.82) is 5.26 Å². The van der Waals surface area contributed by atoms with E-state index in [-0.39, 0.29) is 5.04 Å². The first-order valence-electron chi connectivity index (χ1n) is 8.05. The van der Waals surface area contributed by atoms with Crippen molar-refractivity contribution in [1.82, 2.24) is 4.98 Å². The van der Waals surface area contributed by atoms with E-state index in [1.165, 1.54) is 0 Å². The fourth-order valence-corrected chi connectivity index (χ4v) is 2.91. The highest BCUT2D eigenvalue weighted by Crippen LogP contribution is 2.38. The van der Waals surface area contributed by atoms with E-state index in [0.29, 0.717) is 5.56 Å². The van der Waals surface area contributed by atoms with Crippen LogP contribution in [0.2, 0.25) is 18.1 Å². The number of rotatable bonds is 4. The Morgan fingerprint density at radius 1 is 1.08 bits per heavy atom. The van der Waals surface area contributed by atoms with Gasteiger partial charge in [-0.3, -0.25) is 4.98 Å². The Bertz CT molecular complexity index is 765. The van der Waals surface area contributed by atoms with Crippen LogP contribution < -0.4 is 4.43 Å². The van der Waals surface area contributed by atoms with Crippen LogP contribution in [0.5, 0.6) is 5.75 Å². The number of hydrogen-bond donors (Lipinski definition) is 0. The quantitative estimate of drug-likeness (QED) is 0.692. The zero-order valence-electron chi connectivity index (χ0n) is 15.0. The molecule has 0 spiro atoms. The summed E-state index contributed by atoms with van der Waals surface area (Å²) in [4.78, 5) is 4.45. The molecule has 0 aliphatic carbocycles. The molecule has 0 saturated carbocycles. The van der Waals surface area contributed by atoms with Crippen molar-refractivity contribution >= 4 is 20.5 Å². The minimum Gasteiger partial charge on any atom is -0.542 e. The lowest BCUT2D eigenvalue weighted by Crippen LogP contribution is -2.44. The lowest BCUT2D eigenvalue weighted by atomic mass is 10.1. The molecule has 4 heteroatoms. The monoisotopic (exact) mass is 336 g/mol. The molecule has 0 amide bonds. The Kier molecular flexibility index (Phi) is 5.25. The molecular formula is C20H24N2OSi. The number of pyridine rings is 1. The predicted molar refractivity (Wildman–Crippen MR) is 102 cm³/mol. The molecule has 124 valence electrons. The molecule has 0 saturated heterocycles. The molecule has 0 atom stereocenters. The molecule has 2 aromatic rings. The summed E-state index contributed by atoms with van der Waals surface area (Å²) in [6.45, 7) is 11.1. The molecule has 0 aliphatic heterocycles. The van der Waals surface area contributed by atoms with Gasteiger partial charge in [-0.1, -0.05) is 39.0 Å². The molecule has 0 aliphatic rings. The lowest BCUT2D eigenvalue weighted by Gasteiger charge is -2.36. The van der Waals surface area contributed by atoms with Crippen LogP contribution in [-0.2, 0) is 0 Å². The molecule has 1 heterocycles. The molecular weight excluding hydrogens is 312 g/mol. The van der Waals surface area contributed by atoms with Crippen molar-refractivity contribution in [3.8, 4) is 11.8 Å². The summed E-state index contributed by atoms with van der Waals surface area (Å²) in [5.41, 5.74) is 2.51. The van der Waals surface area contributed by atoms with Gasteiger partial charge in [-0.2, -0.15) is 5.26 Å². The van der Waals surface area contributed by atoms with Gasteiger partial charge in [0.25, 0.3) is 8.32 Å². The van der Waals surface area contributed by atoms with Gasteiger partial charge in [0, 0.05) is 6.20 Å². The molecule has 2 rings (SSSR count). The topological polar surface area (TPSA) is 45.9 Å². The predicted octanol–water partition coefficient (Wildman–Crippen LogP) is 5.51. The summed E-state index contributed by atoms with van der Waals surface area (Å²) < 4.78 is 6.40. The van der Waals surface area contributed by atoms with Gasteiger partial charge in [-0.25, -0.2) is 0 Å². The fraction of sp³-hybridized carbons (Fsp3) is 0.300. The molecule has 1 aromatic carbocycles. The molecule has 0 radical (unpaired) electrons. The third-order valence-corrected chi connectivity index (χ3v) is 8.79. The molecule has 0 bridgehead atoms.